The minimum Gasteiger partial charge on any atom is -0.376 e. The van der Waals surface area contributed by atoms with E-state index in [0.717, 1.165) is 5.71 Å². The molecule has 0 fully saturated rings. The Labute approximate surface area is 71.1 Å². The van der Waals surface area contributed by atoms with E-state index < -0.39 is 0 Å². The molecule has 0 aromatic carbocycles. The van der Waals surface area contributed by atoms with Crippen LogP contribution in [-0.2, 0) is 4.74 Å². The van der Waals surface area contributed by atoms with E-state index in [1.165, 1.54) is 17.4 Å². The van der Waals surface area contributed by atoms with Gasteiger partial charge in [-0.25, -0.2) is 4.98 Å². The third-order valence-corrected chi connectivity index (χ3v) is 1.61. The summed E-state index contributed by atoms with van der Waals surface area (Å²) in [6.07, 6.45) is 2.98. The van der Waals surface area contributed by atoms with Crippen molar-refractivity contribution in [2.24, 2.45) is 5.10 Å². The normalized spacial score (nSPS) is 14.8. The molecule has 1 aromatic rings. The van der Waals surface area contributed by atoms with Crippen molar-refractivity contribution in [3.05, 3.63) is 12.7 Å². The summed E-state index contributed by atoms with van der Waals surface area (Å²) in [5, 5.41) is 7.96. The van der Waals surface area contributed by atoms with E-state index in [4.69, 9.17) is 4.74 Å². The number of hydrogen-bond donors (Lipinski definition) is 0. The van der Waals surface area contributed by atoms with E-state index in [1.54, 1.807) is 7.11 Å². The van der Waals surface area contributed by atoms with Crippen LogP contribution in [0.15, 0.2) is 17.8 Å². The molecule has 5 heteroatoms. The largest absolute Gasteiger partial charge is 0.376 e. The summed E-state index contributed by atoms with van der Waals surface area (Å²) >= 11 is 0. The van der Waals surface area contributed by atoms with Crippen molar-refractivity contribution in [2.75, 3.05) is 7.11 Å². The van der Waals surface area contributed by atoms with Gasteiger partial charge in [-0.2, -0.15) is 5.10 Å². The highest BCUT2D eigenvalue weighted by atomic mass is 16.5. The zero-order chi connectivity index (χ0) is 8.97. The molecule has 66 valence electrons. The molecule has 5 nitrogen and oxygen atoms in total. The molecule has 0 aliphatic heterocycles. The summed E-state index contributed by atoms with van der Waals surface area (Å²) in [4.78, 5) is 5.17. The molecule has 0 saturated carbocycles. The lowest BCUT2D eigenvalue weighted by atomic mass is 10.3. The zero-order valence-corrected chi connectivity index (χ0v) is 7.43. The van der Waals surface area contributed by atoms with Gasteiger partial charge >= 0.3 is 0 Å². The Hall–Kier alpha value is -1.23. The molecule has 0 spiro atoms. The van der Waals surface area contributed by atoms with Crippen molar-refractivity contribution in [2.45, 2.75) is 20.0 Å². The average molecular weight is 168 g/mol. The van der Waals surface area contributed by atoms with E-state index >= 15 is 0 Å². The van der Waals surface area contributed by atoms with Gasteiger partial charge in [0.2, 0.25) is 0 Å². The van der Waals surface area contributed by atoms with E-state index in [9.17, 15) is 0 Å². The van der Waals surface area contributed by atoms with Crippen LogP contribution in [0.5, 0.6) is 0 Å². The fourth-order valence-corrected chi connectivity index (χ4v) is 0.667. The smallest absolute Gasteiger partial charge is 0.139 e. The molecular weight excluding hydrogens is 156 g/mol. The number of hydrogen-bond acceptors (Lipinski definition) is 4. The lowest BCUT2D eigenvalue weighted by Gasteiger charge is -2.07. The molecule has 12 heavy (non-hydrogen) atoms. The number of methoxy groups -OCH3 is 1. The molecule has 0 saturated heterocycles. The van der Waals surface area contributed by atoms with Crippen LogP contribution < -0.4 is 0 Å². The fourth-order valence-electron chi connectivity index (χ4n) is 0.667. The Kier molecular flexibility index (Phi) is 2.93. The third kappa shape index (κ3) is 2.13. The number of nitrogens with zero attached hydrogens (tertiary/aromatic N) is 4. The van der Waals surface area contributed by atoms with Gasteiger partial charge < -0.3 is 4.74 Å². The summed E-state index contributed by atoms with van der Waals surface area (Å²) in [6.45, 7) is 3.81. The van der Waals surface area contributed by atoms with Gasteiger partial charge in [-0.1, -0.05) is 0 Å². The summed E-state index contributed by atoms with van der Waals surface area (Å²) in [7, 11) is 1.64. The van der Waals surface area contributed by atoms with Gasteiger partial charge in [0.1, 0.15) is 12.7 Å². The third-order valence-electron chi connectivity index (χ3n) is 1.61. The van der Waals surface area contributed by atoms with Crippen molar-refractivity contribution in [1.82, 2.24) is 14.9 Å². The summed E-state index contributed by atoms with van der Waals surface area (Å²) in [5.74, 6) is 0. The van der Waals surface area contributed by atoms with Gasteiger partial charge in [0.25, 0.3) is 0 Å². The van der Waals surface area contributed by atoms with Gasteiger partial charge in [-0.15, -0.1) is 9.89 Å². The van der Waals surface area contributed by atoms with Crippen molar-refractivity contribution < 1.29 is 4.74 Å². The minimum absolute atomic E-state index is 0.00852. The molecular formula is C7H12N4O. The van der Waals surface area contributed by atoms with Crippen LogP contribution >= 0.6 is 0 Å². The lowest BCUT2D eigenvalue weighted by molar-refractivity contribution is 0.169. The summed E-state index contributed by atoms with van der Waals surface area (Å²) in [6, 6.07) is 0. The average Bonchev–Trinajstić information content (AvgIpc) is 2.55. The Morgan fingerprint density at radius 2 is 2.42 bits per heavy atom. The predicted molar refractivity (Wildman–Crippen MR) is 45.0 cm³/mol. The van der Waals surface area contributed by atoms with Crippen LogP contribution in [0.3, 0.4) is 0 Å². The topological polar surface area (TPSA) is 52.3 Å². The molecule has 0 radical (unpaired) electrons. The van der Waals surface area contributed by atoms with E-state index in [0.29, 0.717) is 0 Å². The molecule has 0 aliphatic rings. The highest BCUT2D eigenvalue weighted by Gasteiger charge is 2.02. The second-order valence-electron chi connectivity index (χ2n) is 2.44. The van der Waals surface area contributed by atoms with Gasteiger partial charge in [-0.05, 0) is 13.8 Å². The monoisotopic (exact) mass is 168 g/mol. The summed E-state index contributed by atoms with van der Waals surface area (Å²) < 4.78 is 5.07. The maximum absolute atomic E-state index is 5.07. The minimum atomic E-state index is 0.00852. The molecule has 0 bridgehead atoms. The quantitative estimate of drug-likeness (QED) is 0.619. The van der Waals surface area contributed by atoms with E-state index in [1.807, 2.05) is 13.8 Å². The Bertz CT molecular complexity index is 254. The molecule has 0 N–H and O–H groups in total. The first-order valence-corrected chi connectivity index (χ1v) is 3.67. The number of ether oxygens (including phenoxy) is 1. The highest BCUT2D eigenvalue weighted by Crippen LogP contribution is 1.92. The van der Waals surface area contributed by atoms with Crippen LogP contribution in [0.1, 0.15) is 13.8 Å². The zero-order valence-electron chi connectivity index (χ0n) is 7.43. The molecule has 1 unspecified atom stereocenters. The first kappa shape index (κ1) is 8.86. The second kappa shape index (κ2) is 3.96. The Balaban J connectivity index is 2.69. The number of aromatic nitrogens is 3. The Morgan fingerprint density at radius 3 is 2.92 bits per heavy atom. The molecule has 1 atom stereocenters. The first-order chi connectivity index (χ1) is 5.74. The summed E-state index contributed by atoms with van der Waals surface area (Å²) in [5.41, 5.74) is 0.864. The van der Waals surface area contributed by atoms with Crippen LogP contribution in [0.25, 0.3) is 0 Å². The molecule has 1 rings (SSSR count). The van der Waals surface area contributed by atoms with Crippen molar-refractivity contribution >= 4 is 5.71 Å². The first-order valence-electron chi connectivity index (χ1n) is 3.67. The number of rotatable bonds is 3. The second-order valence-corrected chi connectivity index (χ2v) is 2.44. The standard InChI is InChI=1S/C7H12N4O/c1-6(7(2)12-3)10-11-5-8-4-9-11/h4-5,7H,1-3H3/b10-6+. The van der Waals surface area contributed by atoms with Crippen LogP contribution in [0.4, 0.5) is 0 Å². The van der Waals surface area contributed by atoms with E-state index in [2.05, 4.69) is 15.2 Å². The van der Waals surface area contributed by atoms with Crippen LogP contribution in [0, 0.1) is 0 Å². The molecule has 1 heterocycles. The van der Waals surface area contributed by atoms with Gasteiger partial charge in [0.05, 0.1) is 11.8 Å². The Morgan fingerprint density at radius 1 is 1.67 bits per heavy atom. The van der Waals surface area contributed by atoms with Gasteiger partial charge in [0.15, 0.2) is 0 Å². The molecule has 1 aromatic heterocycles. The van der Waals surface area contributed by atoms with Crippen LogP contribution in [-0.4, -0.2) is 33.8 Å². The molecule has 0 amide bonds. The van der Waals surface area contributed by atoms with Crippen LogP contribution in [0.2, 0.25) is 0 Å². The van der Waals surface area contributed by atoms with Crippen molar-refractivity contribution in [3.63, 3.8) is 0 Å². The van der Waals surface area contributed by atoms with Crippen molar-refractivity contribution in [1.29, 1.82) is 0 Å². The maximum Gasteiger partial charge on any atom is 0.139 e. The van der Waals surface area contributed by atoms with E-state index in [-0.39, 0.29) is 6.10 Å². The fraction of sp³-hybridized carbons (Fsp3) is 0.571. The van der Waals surface area contributed by atoms with Gasteiger partial charge in [0, 0.05) is 7.11 Å². The predicted octanol–water partition coefficient (Wildman–Crippen LogP) is 0.537. The highest BCUT2D eigenvalue weighted by molar-refractivity contribution is 5.85. The van der Waals surface area contributed by atoms with Gasteiger partial charge in [-0.3, -0.25) is 0 Å². The molecule has 0 aliphatic carbocycles. The van der Waals surface area contributed by atoms with Crippen molar-refractivity contribution in [3.8, 4) is 0 Å². The maximum atomic E-state index is 5.07. The SMILES string of the molecule is COC(C)/C(C)=N/n1cncn1. The lowest BCUT2D eigenvalue weighted by Crippen LogP contribution is -2.17.